The van der Waals surface area contributed by atoms with Crippen LogP contribution in [0.1, 0.15) is 53.4 Å². The number of rotatable bonds is 6. The van der Waals surface area contributed by atoms with Gasteiger partial charge in [-0.05, 0) is 51.5 Å². The van der Waals surface area contributed by atoms with Gasteiger partial charge in [0.2, 0.25) is 0 Å². The minimum Gasteiger partial charge on any atom is -0.444 e. The number of thioether (sulfide) groups is 1. The Hall–Kier alpha value is -0.420. The van der Waals surface area contributed by atoms with E-state index >= 15 is 0 Å². The molecule has 1 unspecified atom stereocenters. The smallest absolute Gasteiger partial charge is 0.407 e. The van der Waals surface area contributed by atoms with E-state index in [2.05, 4.69) is 17.6 Å². The zero-order chi connectivity index (χ0) is 15.0. The van der Waals surface area contributed by atoms with Crippen molar-refractivity contribution in [1.82, 2.24) is 10.6 Å². The molecule has 1 fully saturated rings. The van der Waals surface area contributed by atoms with E-state index in [-0.39, 0.29) is 6.09 Å². The Morgan fingerprint density at radius 1 is 1.35 bits per heavy atom. The van der Waals surface area contributed by atoms with Gasteiger partial charge in [-0.15, -0.1) is 0 Å². The Balaban J connectivity index is 2.32. The number of hydrogen-bond donors (Lipinski definition) is 2. The summed E-state index contributed by atoms with van der Waals surface area (Å²) in [6.07, 6.45) is 4.35. The second-order valence-electron chi connectivity index (χ2n) is 6.42. The molecule has 0 aromatic heterocycles. The minimum atomic E-state index is -0.432. The lowest BCUT2D eigenvalue weighted by Gasteiger charge is -2.29. The summed E-state index contributed by atoms with van der Waals surface area (Å²) in [5, 5.41) is 6.58. The van der Waals surface area contributed by atoms with Crippen molar-refractivity contribution in [3.63, 3.8) is 0 Å². The van der Waals surface area contributed by atoms with Crippen LogP contribution < -0.4 is 10.6 Å². The quantitative estimate of drug-likeness (QED) is 0.791. The molecule has 1 amide bonds. The van der Waals surface area contributed by atoms with Gasteiger partial charge in [-0.1, -0.05) is 13.3 Å². The van der Waals surface area contributed by atoms with Crippen LogP contribution in [0.2, 0.25) is 0 Å². The maximum atomic E-state index is 11.7. The van der Waals surface area contributed by atoms with Crippen LogP contribution in [0, 0.1) is 0 Å². The maximum Gasteiger partial charge on any atom is 0.407 e. The van der Waals surface area contributed by atoms with Crippen LogP contribution in [0.4, 0.5) is 4.79 Å². The fourth-order valence-corrected chi connectivity index (χ4v) is 3.42. The van der Waals surface area contributed by atoms with Crippen LogP contribution in [-0.4, -0.2) is 41.8 Å². The molecule has 0 aromatic rings. The van der Waals surface area contributed by atoms with Gasteiger partial charge in [0.25, 0.3) is 0 Å². The van der Waals surface area contributed by atoms with Crippen LogP contribution in [-0.2, 0) is 4.74 Å². The van der Waals surface area contributed by atoms with E-state index < -0.39 is 5.60 Å². The van der Waals surface area contributed by atoms with Crippen molar-refractivity contribution in [3.05, 3.63) is 0 Å². The average Bonchev–Trinajstić information content (AvgIpc) is 2.35. The van der Waals surface area contributed by atoms with Gasteiger partial charge in [0, 0.05) is 18.6 Å². The summed E-state index contributed by atoms with van der Waals surface area (Å²) in [6, 6.07) is 0.953. The molecule has 5 heteroatoms. The van der Waals surface area contributed by atoms with E-state index in [4.69, 9.17) is 4.74 Å². The minimum absolute atomic E-state index is 0.320. The number of ether oxygens (including phenoxy) is 1. The second-order valence-corrected chi connectivity index (χ2v) is 7.65. The Labute approximate surface area is 127 Å². The Kier molecular flexibility index (Phi) is 7.74. The monoisotopic (exact) mass is 302 g/mol. The van der Waals surface area contributed by atoms with E-state index in [0.29, 0.717) is 18.6 Å². The number of carbonyl (C=O) groups is 1. The largest absolute Gasteiger partial charge is 0.444 e. The van der Waals surface area contributed by atoms with Gasteiger partial charge in [0.15, 0.2) is 0 Å². The summed E-state index contributed by atoms with van der Waals surface area (Å²) in [7, 11) is 0. The lowest BCUT2D eigenvalue weighted by Crippen LogP contribution is -2.47. The van der Waals surface area contributed by atoms with E-state index in [9.17, 15) is 4.79 Å². The van der Waals surface area contributed by atoms with Crippen molar-refractivity contribution >= 4 is 17.9 Å². The Bertz CT molecular complexity index is 286. The summed E-state index contributed by atoms with van der Waals surface area (Å²) >= 11 is 2.03. The molecule has 20 heavy (non-hydrogen) atoms. The van der Waals surface area contributed by atoms with Crippen LogP contribution in [0.5, 0.6) is 0 Å². The van der Waals surface area contributed by atoms with Gasteiger partial charge < -0.3 is 15.4 Å². The zero-order valence-corrected chi connectivity index (χ0v) is 14.1. The molecule has 2 N–H and O–H groups in total. The lowest BCUT2D eigenvalue weighted by atomic mass is 10.1. The number of nitrogens with one attached hydrogen (secondary N) is 2. The fraction of sp³-hybridized carbons (Fsp3) is 0.933. The van der Waals surface area contributed by atoms with Crippen molar-refractivity contribution in [2.75, 3.05) is 18.1 Å². The Morgan fingerprint density at radius 3 is 2.55 bits per heavy atom. The summed E-state index contributed by atoms with van der Waals surface area (Å²) in [6.45, 7) is 8.47. The number of amides is 1. The van der Waals surface area contributed by atoms with E-state index in [1.807, 2.05) is 32.5 Å². The van der Waals surface area contributed by atoms with Crippen molar-refractivity contribution in [2.45, 2.75) is 71.1 Å². The molecule has 0 aromatic carbocycles. The van der Waals surface area contributed by atoms with Gasteiger partial charge >= 0.3 is 6.09 Å². The summed E-state index contributed by atoms with van der Waals surface area (Å²) in [5.41, 5.74) is -0.432. The van der Waals surface area contributed by atoms with E-state index in [1.165, 1.54) is 24.3 Å². The van der Waals surface area contributed by atoms with Gasteiger partial charge in [-0.25, -0.2) is 4.79 Å². The number of hydrogen-bond acceptors (Lipinski definition) is 4. The predicted molar refractivity (Wildman–Crippen MR) is 86.4 cm³/mol. The first kappa shape index (κ1) is 17.6. The molecule has 118 valence electrons. The zero-order valence-electron chi connectivity index (χ0n) is 13.3. The average molecular weight is 302 g/mol. The van der Waals surface area contributed by atoms with Gasteiger partial charge in [0.05, 0.1) is 0 Å². The van der Waals surface area contributed by atoms with Crippen LogP contribution >= 0.6 is 11.8 Å². The van der Waals surface area contributed by atoms with Crippen LogP contribution in [0.25, 0.3) is 0 Å². The summed E-state index contributed by atoms with van der Waals surface area (Å²) in [4.78, 5) is 11.7. The van der Waals surface area contributed by atoms with Crippen molar-refractivity contribution < 1.29 is 9.53 Å². The van der Waals surface area contributed by atoms with Gasteiger partial charge in [-0.3, -0.25) is 0 Å². The molecule has 1 atom stereocenters. The molecule has 1 aliphatic rings. The molecule has 0 spiro atoms. The third kappa shape index (κ3) is 8.00. The van der Waals surface area contributed by atoms with Gasteiger partial charge in [-0.2, -0.15) is 11.8 Å². The molecule has 1 aliphatic heterocycles. The Morgan fingerprint density at radius 2 is 2.00 bits per heavy atom. The standard InChI is InChI=1S/C15H30N2O2S/c1-5-6-13(17-12-7-9-20-10-8-12)11-16-14(18)19-15(2,3)4/h12-13,17H,5-11H2,1-4H3,(H,16,18). The molecule has 1 heterocycles. The lowest BCUT2D eigenvalue weighted by molar-refractivity contribution is 0.0520. The van der Waals surface area contributed by atoms with Crippen LogP contribution in [0.15, 0.2) is 0 Å². The first-order valence-corrected chi connectivity index (χ1v) is 8.87. The predicted octanol–water partition coefficient (Wildman–Crippen LogP) is 3.17. The van der Waals surface area contributed by atoms with Crippen molar-refractivity contribution in [3.8, 4) is 0 Å². The fourth-order valence-electron chi connectivity index (χ4n) is 2.31. The topological polar surface area (TPSA) is 50.4 Å². The summed E-state index contributed by atoms with van der Waals surface area (Å²) in [5.74, 6) is 2.49. The molecule has 0 saturated carbocycles. The number of alkyl carbamates (subject to hydrolysis) is 1. The summed E-state index contributed by atoms with van der Waals surface area (Å²) < 4.78 is 5.28. The molecule has 1 rings (SSSR count). The SMILES string of the molecule is CCCC(CNC(=O)OC(C)(C)C)NC1CCSCC1. The highest BCUT2D eigenvalue weighted by Gasteiger charge is 2.20. The third-order valence-corrected chi connectivity index (χ3v) is 4.27. The molecule has 0 aliphatic carbocycles. The van der Waals surface area contributed by atoms with Gasteiger partial charge in [0.1, 0.15) is 5.60 Å². The van der Waals surface area contributed by atoms with Crippen molar-refractivity contribution in [2.24, 2.45) is 0 Å². The highest BCUT2D eigenvalue weighted by atomic mass is 32.2. The highest BCUT2D eigenvalue weighted by molar-refractivity contribution is 7.99. The normalized spacial score (nSPS) is 18.6. The van der Waals surface area contributed by atoms with Crippen LogP contribution in [0.3, 0.4) is 0 Å². The molecule has 0 radical (unpaired) electrons. The molecule has 0 bridgehead atoms. The van der Waals surface area contributed by atoms with E-state index in [0.717, 1.165) is 12.8 Å². The third-order valence-electron chi connectivity index (χ3n) is 3.22. The second kappa shape index (κ2) is 8.78. The van der Waals surface area contributed by atoms with E-state index in [1.54, 1.807) is 0 Å². The van der Waals surface area contributed by atoms with Crippen molar-refractivity contribution in [1.29, 1.82) is 0 Å². The molecular formula is C15H30N2O2S. The first-order chi connectivity index (χ1) is 9.40. The highest BCUT2D eigenvalue weighted by Crippen LogP contribution is 2.17. The maximum absolute atomic E-state index is 11.7. The number of carbonyl (C=O) groups excluding carboxylic acids is 1. The molecule has 1 saturated heterocycles. The first-order valence-electron chi connectivity index (χ1n) is 7.71. The molecular weight excluding hydrogens is 272 g/mol. The molecule has 4 nitrogen and oxygen atoms in total.